The Hall–Kier alpha value is -2.34. The first kappa shape index (κ1) is 13.3. The molecule has 0 saturated carbocycles. The second-order valence-corrected chi connectivity index (χ2v) is 6.24. The molecule has 2 aromatic carbocycles. The summed E-state index contributed by atoms with van der Waals surface area (Å²) in [4.78, 5) is 0. The first-order valence-electron chi connectivity index (χ1n) is 8.03. The van der Waals surface area contributed by atoms with Crippen molar-refractivity contribution in [2.45, 2.75) is 18.3 Å². The van der Waals surface area contributed by atoms with Crippen molar-refractivity contribution >= 4 is 0 Å². The maximum absolute atomic E-state index is 4.22. The van der Waals surface area contributed by atoms with Crippen LogP contribution >= 0.6 is 0 Å². The quantitative estimate of drug-likeness (QED) is 0.635. The maximum Gasteiger partial charge on any atom is 0.0391 e. The lowest BCUT2D eigenvalue weighted by atomic mass is 9.73. The molecular formula is C22H20. The van der Waals surface area contributed by atoms with Crippen LogP contribution in [0.25, 0.3) is 11.1 Å². The van der Waals surface area contributed by atoms with Crippen molar-refractivity contribution in [3.63, 3.8) is 0 Å². The molecule has 0 unspecified atom stereocenters. The molecule has 0 fully saturated rings. The highest BCUT2D eigenvalue weighted by atomic mass is 14.4. The minimum atomic E-state index is -0.0442. The van der Waals surface area contributed by atoms with E-state index in [-0.39, 0.29) is 5.41 Å². The first-order valence-corrected chi connectivity index (χ1v) is 8.03. The van der Waals surface area contributed by atoms with Gasteiger partial charge in [0.05, 0.1) is 0 Å². The molecule has 2 aliphatic rings. The van der Waals surface area contributed by atoms with Gasteiger partial charge in [0.25, 0.3) is 0 Å². The molecule has 4 rings (SSSR count). The molecule has 0 heterocycles. The number of allylic oxidation sites excluding steroid dienone is 5. The molecule has 0 bridgehead atoms. The van der Waals surface area contributed by atoms with Gasteiger partial charge in [0.2, 0.25) is 0 Å². The van der Waals surface area contributed by atoms with Crippen molar-refractivity contribution in [2.75, 3.05) is 0 Å². The third-order valence-electron chi connectivity index (χ3n) is 5.15. The summed E-state index contributed by atoms with van der Waals surface area (Å²) in [5, 5.41) is 0. The molecule has 0 spiro atoms. The van der Waals surface area contributed by atoms with Gasteiger partial charge in [-0.05, 0) is 41.0 Å². The lowest BCUT2D eigenvalue weighted by Gasteiger charge is -2.29. The van der Waals surface area contributed by atoms with Gasteiger partial charge in [-0.25, -0.2) is 0 Å². The van der Waals surface area contributed by atoms with Crippen LogP contribution in [-0.2, 0) is 5.41 Å². The van der Waals surface area contributed by atoms with Crippen molar-refractivity contribution in [1.29, 1.82) is 0 Å². The molecule has 2 aromatic rings. The highest BCUT2D eigenvalue weighted by molar-refractivity contribution is 5.82. The standard InChI is InChI=1S/C22H20/c1-2-22(16-15-17-9-3-4-10-17)20-13-7-5-11-18(20)19-12-6-8-14-21(19)22/h2-14,17H,1,15-16H2. The SMILES string of the molecule is C=CC1(CCC2C=CC=C2)c2ccccc2-c2ccccc21. The Balaban J connectivity index is 1.81. The Morgan fingerprint density at radius 1 is 0.864 bits per heavy atom. The first-order chi connectivity index (χ1) is 10.8. The molecule has 0 atom stereocenters. The Labute approximate surface area is 132 Å². The molecule has 22 heavy (non-hydrogen) atoms. The van der Waals surface area contributed by atoms with Crippen LogP contribution in [0, 0.1) is 5.92 Å². The van der Waals surface area contributed by atoms with E-state index in [1.807, 2.05) is 0 Å². The third-order valence-corrected chi connectivity index (χ3v) is 5.15. The van der Waals surface area contributed by atoms with Gasteiger partial charge >= 0.3 is 0 Å². The summed E-state index contributed by atoms with van der Waals surface area (Å²) in [5.41, 5.74) is 5.53. The number of rotatable bonds is 4. The molecule has 0 saturated heterocycles. The number of hydrogen-bond donors (Lipinski definition) is 0. The zero-order chi connectivity index (χ0) is 15.0. The topological polar surface area (TPSA) is 0 Å². The van der Waals surface area contributed by atoms with Gasteiger partial charge in [0.1, 0.15) is 0 Å². The van der Waals surface area contributed by atoms with E-state index < -0.39 is 0 Å². The van der Waals surface area contributed by atoms with Crippen molar-refractivity contribution in [3.05, 3.63) is 96.6 Å². The summed E-state index contributed by atoms with van der Waals surface area (Å²) >= 11 is 0. The summed E-state index contributed by atoms with van der Waals surface area (Å²) in [7, 11) is 0. The van der Waals surface area contributed by atoms with Crippen LogP contribution in [0.4, 0.5) is 0 Å². The fraction of sp³-hybridized carbons (Fsp3) is 0.182. The minimum absolute atomic E-state index is 0.0442. The highest BCUT2D eigenvalue weighted by Crippen LogP contribution is 2.52. The summed E-state index contributed by atoms with van der Waals surface area (Å²) in [6, 6.07) is 17.6. The van der Waals surface area contributed by atoms with Gasteiger partial charge in [-0.15, -0.1) is 6.58 Å². The minimum Gasteiger partial charge on any atom is -0.102 e. The normalized spacial score (nSPS) is 17.5. The van der Waals surface area contributed by atoms with Gasteiger partial charge in [-0.3, -0.25) is 0 Å². The van der Waals surface area contributed by atoms with E-state index in [1.165, 1.54) is 22.3 Å². The van der Waals surface area contributed by atoms with Crippen LogP contribution in [0.5, 0.6) is 0 Å². The van der Waals surface area contributed by atoms with Crippen molar-refractivity contribution in [1.82, 2.24) is 0 Å². The molecule has 0 amide bonds. The van der Waals surface area contributed by atoms with Crippen LogP contribution in [0.3, 0.4) is 0 Å². The predicted molar refractivity (Wildman–Crippen MR) is 93.9 cm³/mol. The second kappa shape index (κ2) is 5.14. The lowest BCUT2D eigenvalue weighted by Crippen LogP contribution is -2.23. The Morgan fingerprint density at radius 3 is 1.95 bits per heavy atom. The Morgan fingerprint density at radius 2 is 1.41 bits per heavy atom. The van der Waals surface area contributed by atoms with Crippen LogP contribution < -0.4 is 0 Å². The van der Waals surface area contributed by atoms with Gasteiger partial charge in [-0.2, -0.15) is 0 Å². The molecule has 0 N–H and O–H groups in total. The average molecular weight is 284 g/mol. The molecule has 108 valence electrons. The van der Waals surface area contributed by atoms with E-state index in [1.54, 1.807) is 0 Å². The Kier molecular flexibility index (Phi) is 3.11. The fourth-order valence-electron chi connectivity index (χ4n) is 4.02. The van der Waals surface area contributed by atoms with Gasteiger partial charge in [0, 0.05) is 5.41 Å². The van der Waals surface area contributed by atoms with Crippen LogP contribution in [-0.4, -0.2) is 0 Å². The fourth-order valence-corrected chi connectivity index (χ4v) is 4.02. The van der Waals surface area contributed by atoms with E-state index in [0.717, 1.165) is 12.8 Å². The van der Waals surface area contributed by atoms with Gasteiger partial charge in [0.15, 0.2) is 0 Å². The van der Waals surface area contributed by atoms with E-state index in [9.17, 15) is 0 Å². The van der Waals surface area contributed by atoms with Crippen molar-refractivity contribution in [3.8, 4) is 11.1 Å². The zero-order valence-electron chi connectivity index (χ0n) is 12.7. The smallest absolute Gasteiger partial charge is 0.0391 e. The molecule has 0 aromatic heterocycles. The summed E-state index contributed by atoms with van der Waals surface area (Å²) in [6.45, 7) is 4.22. The summed E-state index contributed by atoms with van der Waals surface area (Å²) in [6.07, 6.45) is 13.3. The molecular weight excluding hydrogens is 264 g/mol. The van der Waals surface area contributed by atoms with Crippen molar-refractivity contribution < 1.29 is 0 Å². The molecule has 0 aliphatic heterocycles. The predicted octanol–water partition coefficient (Wildman–Crippen LogP) is 5.66. The summed E-state index contributed by atoms with van der Waals surface area (Å²) in [5.74, 6) is 0.566. The number of hydrogen-bond acceptors (Lipinski definition) is 0. The van der Waals surface area contributed by atoms with Gasteiger partial charge in [-0.1, -0.05) is 78.9 Å². The molecule has 0 nitrogen and oxygen atoms in total. The summed E-state index contributed by atoms with van der Waals surface area (Å²) < 4.78 is 0. The van der Waals surface area contributed by atoms with E-state index in [0.29, 0.717) is 5.92 Å². The number of fused-ring (bicyclic) bond motifs is 3. The largest absolute Gasteiger partial charge is 0.102 e. The highest BCUT2D eigenvalue weighted by Gasteiger charge is 2.40. The zero-order valence-corrected chi connectivity index (χ0v) is 12.7. The van der Waals surface area contributed by atoms with Crippen LogP contribution in [0.15, 0.2) is 85.5 Å². The number of benzene rings is 2. The van der Waals surface area contributed by atoms with Crippen LogP contribution in [0.2, 0.25) is 0 Å². The Bertz CT molecular complexity index is 719. The average Bonchev–Trinajstić information content (AvgIpc) is 3.18. The van der Waals surface area contributed by atoms with Crippen molar-refractivity contribution in [2.24, 2.45) is 5.92 Å². The second-order valence-electron chi connectivity index (χ2n) is 6.24. The third kappa shape index (κ3) is 1.84. The van der Waals surface area contributed by atoms with E-state index >= 15 is 0 Å². The monoisotopic (exact) mass is 284 g/mol. The molecule has 2 aliphatic carbocycles. The molecule has 0 radical (unpaired) electrons. The van der Waals surface area contributed by atoms with E-state index in [2.05, 4.69) is 85.5 Å². The maximum atomic E-state index is 4.22. The van der Waals surface area contributed by atoms with Crippen LogP contribution in [0.1, 0.15) is 24.0 Å². The van der Waals surface area contributed by atoms with Gasteiger partial charge < -0.3 is 0 Å². The lowest BCUT2D eigenvalue weighted by molar-refractivity contribution is 0.530. The van der Waals surface area contributed by atoms with E-state index in [4.69, 9.17) is 0 Å². The molecule has 0 heteroatoms.